The van der Waals surface area contributed by atoms with Gasteiger partial charge in [0.05, 0.1) is 10.7 Å². The van der Waals surface area contributed by atoms with Gasteiger partial charge in [-0.3, -0.25) is 4.98 Å². The van der Waals surface area contributed by atoms with Crippen LogP contribution in [0.15, 0.2) is 42.6 Å². The third-order valence-electron chi connectivity index (χ3n) is 2.26. The first-order chi connectivity index (χ1) is 7.77. The van der Waals surface area contributed by atoms with E-state index in [9.17, 15) is 0 Å². The van der Waals surface area contributed by atoms with E-state index in [0.29, 0.717) is 17.4 Å². The van der Waals surface area contributed by atoms with Gasteiger partial charge in [0.1, 0.15) is 6.61 Å². The Labute approximate surface area is 99.9 Å². The Balaban J connectivity index is 2.11. The summed E-state index contributed by atoms with van der Waals surface area (Å²) in [5.74, 6) is 0.660. The Bertz CT molecular complexity index is 450. The smallest absolute Gasteiger partial charge is 0.159 e. The summed E-state index contributed by atoms with van der Waals surface area (Å²) in [5, 5.41) is 0.600. The normalized spacial score (nSPS) is 10.1. The maximum absolute atomic E-state index is 6.03. The summed E-state index contributed by atoms with van der Waals surface area (Å²) in [6.45, 7) is 2.39. The van der Waals surface area contributed by atoms with E-state index >= 15 is 0 Å². The van der Waals surface area contributed by atoms with Crippen molar-refractivity contribution in [3.63, 3.8) is 0 Å². The van der Waals surface area contributed by atoms with Crippen LogP contribution in [-0.2, 0) is 6.61 Å². The van der Waals surface area contributed by atoms with E-state index in [0.717, 1.165) is 11.3 Å². The number of pyridine rings is 1. The lowest BCUT2D eigenvalue weighted by Crippen LogP contribution is -1.98. The molecule has 0 fully saturated rings. The number of nitrogens with zero attached hydrogens (tertiary/aromatic N) is 1. The number of halogens is 1. The Morgan fingerprint density at radius 1 is 1.19 bits per heavy atom. The first kappa shape index (κ1) is 11.0. The number of rotatable bonds is 3. The van der Waals surface area contributed by atoms with Crippen molar-refractivity contribution < 1.29 is 4.74 Å². The second-order valence-corrected chi connectivity index (χ2v) is 3.89. The minimum Gasteiger partial charge on any atom is -0.485 e. The fraction of sp³-hybridized carbons (Fsp3) is 0.154. The lowest BCUT2D eigenvalue weighted by molar-refractivity contribution is 0.303. The van der Waals surface area contributed by atoms with Crippen molar-refractivity contribution in [3.05, 3.63) is 58.9 Å². The number of ether oxygens (including phenoxy) is 1. The average Bonchev–Trinajstić information content (AvgIpc) is 2.30. The van der Waals surface area contributed by atoms with E-state index in [1.165, 1.54) is 0 Å². The van der Waals surface area contributed by atoms with Gasteiger partial charge in [-0.2, -0.15) is 0 Å². The van der Waals surface area contributed by atoms with Crippen molar-refractivity contribution >= 4 is 11.6 Å². The van der Waals surface area contributed by atoms with Crippen molar-refractivity contribution in [2.75, 3.05) is 0 Å². The molecule has 2 nitrogen and oxygen atoms in total. The van der Waals surface area contributed by atoms with E-state index in [4.69, 9.17) is 16.3 Å². The van der Waals surface area contributed by atoms with Crippen molar-refractivity contribution in [2.45, 2.75) is 13.5 Å². The third kappa shape index (κ3) is 2.52. The van der Waals surface area contributed by atoms with Crippen LogP contribution in [0.25, 0.3) is 0 Å². The number of benzene rings is 1. The SMILES string of the molecule is Cc1nccc(Cl)c1OCc1ccccc1. The molecule has 1 heterocycles. The quantitative estimate of drug-likeness (QED) is 0.808. The molecular formula is C13H12ClNO. The number of hydrogen-bond donors (Lipinski definition) is 0. The van der Waals surface area contributed by atoms with E-state index in [2.05, 4.69) is 4.98 Å². The number of aryl methyl sites for hydroxylation is 1. The molecule has 0 unspecified atom stereocenters. The highest BCUT2D eigenvalue weighted by Gasteiger charge is 2.05. The monoisotopic (exact) mass is 233 g/mol. The summed E-state index contributed by atoms with van der Waals surface area (Å²) in [5.41, 5.74) is 1.92. The fourth-order valence-electron chi connectivity index (χ4n) is 1.42. The van der Waals surface area contributed by atoms with Crippen LogP contribution in [0.4, 0.5) is 0 Å². The molecule has 82 valence electrons. The molecule has 0 aliphatic heterocycles. The third-order valence-corrected chi connectivity index (χ3v) is 2.56. The predicted octanol–water partition coefficient (Wildman–Crippen LogP) is 3.62. The Morgan fingerprint density at radius 2 is 1.94 bits per heavy atom. The molecule has 0 N–H and O–H groups in total. The number of aromatic nitrogens is 1. The maximum atomic E-state index is 6.03. The Hall–Kier alpha value is -1.54. The van der Waals surface area contributed by atoms with Gasteiger partial charge < -0.3 is 4.74 Å². The molecule has 0 radical (unpaired) electrons. The van der Waals surface area contributed by atoms with Crippen LogP contribution >= 0.6 is 11.6 Å². The van der Waals surface area contributed by atoms with E-state index < -0.39 is 0 Å². The van der Waals surface area contributed by atoms with Crippen LogP contribution in [0.3, 0.4) is 0 Å². The lowest BCUT2D eigenvalue weighted by atomic mass is 10.2. The molecule has 2 rings (SSSR count). The molecule has 1 aromatic heterocycles. The van der Waals surface area contributed by atoms with Gasteiger partial charge in [0.2, 0.25) is 0 Å². The Kier molecular flexibility index (Phi) is 3.42. The summed E-state index contributed by atoms with van der Waals surface area (Å²) in [6, 6.07) is 11.7. The van der Waals surface area contributed by atoms with Crippen LogP contribution in [0, 0.1) is 6.92 Å². The summed E-state index contributed by atoms with van der Waals surface area (Å²) < 4.78 is 5.66. The van der Waals surface area contributed by atoms with Crippen LogP contribution in [-0.4, -0.2) is 4.98 Å². The van der Waals surface area contributed by atoms with E-state index in [1.54, 1.807) is 12.3 Å². The molecule has 2 aromatic rings. The van der Waals surface area contributed by atoms with Gasteiger partial charge in [-0.1, -0.05) is 41.9 Å². The van der Waals surface area contributed by atoms with Gasteiger partial charge in [-0.25, -0.2) is 0 Å². The van der Waals surface area contributed by atoms with Crippen molar-refractivity contribution in [1.29, 1.82) is 0 Å². The van der Waals surface area contributed by atoms with E-state index in [-0.39, 0.29) is 0 Å². The molecular weight excluding hydrogens is 222 g/mol. The van der Waals surface area contributed by atoms with Gasteiger partial charge in [-0.05, 0) is 18.6 Å². The summed E-state index contributed by atoms with van der Waals surface area (Å²) in [6.07, 6.45) is 1.67. The summed E-state index contributed by atoms with van der Waals surface area (Å²) >= 11 is 6.03. The number of hydrogen-bond acceptors (Lipinski definition) is 2. The largest absolute Gasteiger partial charge is 0.485 e. The van der Waals surface area contributed by atoms with Gasteiger partial charge in [0, 0.05) is 6.20 Å². The van der Waals surface area contributed by atoms with Crippen LogP contribution in [0.1, 0.15) is 11.3 Å². The zero-order chi connectivity index (χ0) is 11.4. The van der Waals surface area contributed by atoms with Gasteiger partial charge >= 0.3 is 0 Å². The van der Waals surface area contributed by atoms with Gasteiger partial charge in [0.15, 0.2) is 5.75 Å². The molecule has 0 aliphatic rings. The van der Waals surface area contributed by atoms with Crippen molar-refractivity contribution in [1.82, 2.24) is 4.98 Å². The maximum Gasteiger partial charge on any atom is 0.159 e. The molecule has 0 saturated carbocycles. The molecule has 0 saturated heterocycles. The average molecular weight is 234 g/mol. The fourth-order valence-corrected chi connectivity index (χ4v) is 1.67. The lowest BCUT2D eigenvalue weighted by Gasteiger charge is -2.09. The molecule has 3 heteroatoms. The molecule has 0 atom stereocenters. The molecule has 0 spiro atoms. The predicted molar refractivity (Wildman–Crippen MR) is 64.8 cm³/mol. The van der Waals surface area contributed by atoms with Gasteiger partial charge in [0.25, 0.3) is 0 Å². The first-order valence-corrected chi connectivity index (χ1v) is 5.43. The summed E-state index contributed by atoms with van der Waals surface area (Å²) in [7, 11) is 0. The highest BCUT2D eigenvalue weighted by molar-refractivity contribution is 6.32. The Morgan fingerprint density at radius 3 is 2.62 bits per heavy atom. The molecule has 1 aromatic carbocycles. The zero-order valence-corrected chi connectivity index (χ0v) is 9.74. The zero-order valence-electron chi connectivity index (χ0n) is 8.98. The summed E-state index contributed by atoms with van der Waals surface area (Å²) in [4.78, 5) is 4.14. The van der Waals surface area contributed by atoms with Crippen LogP contribution < -0.4 is 4.74 Å². The first-order valence-electron chi connectivity index (χ1n) is 5.05. The van der Waals surface area contributed by atoms with Crippen LogP contribution in [0.2, 0.25) is 5.02 Å². The standard InChI is InChI=1S/C13H12ClNO/c1-10-13(12(14)7-8-15-10)16-9-11-5-3-2-4-6-11/h2-8H,9H2,1H3. The van der Waals surface area contributed by atoms with Gasteiger partial charge in [-0.15, -0.1) is 0 Å². The highest BCUT2D eigenvalue weighted by Crippen LogP contribution is 2.26. The van der Waals surface area contributed by atoms with Crippen molar-refractivity contribution in [2.24, 2.45) is 0 Å². The topological polar surface area (TPSA) is 22.1 Å². The molecule has 16 heavy (non-hydrogen) atoms. The van der Waals surface area contributed by atoms with E-state index in [1.807, 2.05) is 37.3 Å². The highest BCUT2D eigenvalue weighted by atomic mass is 35.5. The van der Waals surface area contributed by atoms with Crippen molar-refractivity contribution in [3.8, 4) is 5.75 Å². The molecule has 0 amide bonds. The second-order valence-electron chi connectivity index (χ2n) is 3.48. The minimum atomic E-state index is 0.507. The molecule has 0 bridgehead atoms. The minimum absolute atomic E-state index is 0.507. The second kappa shape index (κ2) is 4.99. The molecule has 0 aliphatic carbocycles. The van der Waals surface area contributed by atoms with Crippen LogP contribution in [0.5, 0.6) is 5.75 Å².